The third-order valence-electron chi connectivity index (χ3n) is 0.455. The molecule has 5 heavy (non-hydrogen) atoms. The van der Waals surface area contributed by atoms with Crippen LogP contribution in [0.1, 0.15) is 19.8 Å². The Hall–Kier alpha value is -0.330. The van der Waals surface area contributed by atoms with Crippen LogP contribution in [0, 0.1) is 0 Å². The Morgan fingerprint density at radius 2 is 2.40 bits per heavy atom. The van der Waals surface area contributed by atoms with E-state index in [4.69, 9.17) is 5.41 Å². The van der Waals surface area contributed by atoms with E-state index in [2.05, 4.69) is 6.92 Å². The van der Waals surface area contributed by atoms with Gasteiger partial charge >= 0.3 is 0 Å². The van der Waals surface area contributed by atoms with Crippen LogP contribution in [0.4, 0.5) is 0 Å². The van der Waals surface area contributed by atoms with Crippen molar-refractivity contribution < 1.29 is 5.41 Å². The molecule has 0 fully saturated rings. The van der Waals surface area contributed by atoms with Crippen molar-refractivity contribution >= 4 is 6.21 Å². The number of hydrogen-bond acceptors (Lipinski definition) is 0. The van der Waals surface area contributed by atoms with E-state index in [0.717, 1.165) is 12.8 Å². The zero-order valence-electron chi connectivity index (χ0n) is 3.57. The zero-order valence-corrected chi connectivity index (χ0v) is 3.57. The normalized spacial score (nSPS) is 7.40. The Morgan fingerprint density at radius 1 is 1.80 bits per heavy atom. The highest BCUT2D eigenvalue weighted by Gasteiger charge is 1.68. The van der Waals surface area contributed by atoms with E-state index in [1.54, 1.807) is 6.21 Å². The minimum atomic E-state index is 1.04. The highest BCUT2D eigenvalue weighted by molar-refractivity contribution is 5.48. The van der Waals surface area contributed by atoms with Gasteiger partial charge in [-0.2, -0.15) is 0 Å². The van der Waals surface area contributed by atoms with Crippen molar-refractivity contribution in [3.8, 4) is 0 Å². The second-order valence-electron chi connectivity index (χ2n) is 1.02. The molecule has 1 nitrogen and oxygen atoms in total. The summed E-state index contributed by atoms with van der Waals surface area (Å²) in [4.78, 5) is 0. The van der Waals surface area contributed by atoms with Crippen LogP contribution in [0.25, 0.3) is 0 Å². The average Bonchev–Trinajstić information content (AvgIpc) is 1.41. The summed E-state index contributed by atoms with van der Waals surface area (Å²) < 4.78 is 0. The molecule has 0 aromatic carbocycles. The van der Waals surface area contributed by atoms with Crippen LogP contribution < -0.4 is 5.41 Å². The lowest BCUT2D eigenvalue weighted by molar-refractivity contribution is -0.107. The molecule has 30 valence electrons. The van der Waals surface area contributed by atoms with Crippen LogP contribution in [0.2, 0.25) is 0 Å². The molecule has 0 bridgehead atoms. The minimum Gasteiger partial charge on any atom is -0.264 e. The van der Waals surface area contributed by atoms with Gasteiger partial charge in [0.2, 0.25) is 0 Å². The maximum Gasteiger partial charge on any atom is 0.136 e. The fourth-order valence-electron chi connectivity index (χ4n) is 0.167. The lowest BCUT2D eigenvalue weighted by Crippen LogP contribution is -2.29. The molecular formula is C4H10N+. The van der Waals surface area contributed by atoms with Crippen molar-refractivity contribution in [3.63, 3.8) is 0 Å². The summed E-state index contributed by atoms with van der Waals surface area (Å²) in [5.41, 5.74) is 0. The molecule has 0 unspecified atom stereocenters. The molecule has 0 heterocycles. The highest BCUT2D eigenvalue weighted by Crippen LogP contribution is 1.73. The third-order valence-corrected chi connectivity index (χ3v) is 0.455. The minimum absolute atomic E-state index is 1.04. The van der Waals surface area contributed by atoms with Crippen molar-refractivity contribution in [2.45, 2.75) is 19.8 Å². The van der Waals surface area contributed by atoms with Gasteiger partial charge < -0.3 is 0 Å². The van der Waals surface area contributed by atoms with Gasteiger partial charge in [0.1, 0.15) is 6.21 Å². The van der Waals surface area contributed by atoms with E-state index in [9.17, 15) is 0 Å². The van der Waals surface area contributed by atoms with E-state index in [1.807, 2.05) is 0 Å². The maximum absolute atomic E-state index is 5.01. The molecule has 0 rings (SSSR count). The molecule has 0 saturated carbocycles. The van der Waals surface area contributed by atoms with Crippen LogP contribution in [-0.2, 0) is 0 Å². The van der Waals surface area contributed by atoms with Gasteiger partial charge in [-0.05, 0) is 6.42 Å². The topological polar surface area (TPSA) is 25.6 Å². The van der Waals surface area contributed by atoms with E-state index >= 15 is 0 Å². The van der Waals surface area contributed by atoms with Gasteiger partial charge in [0.25, 0.3) is 0 Å². The Bertz CT molecular complexity index is 24.8. The fourth-order valence-corrected chi connectivity index (χ4v) is 0.167. The van der Waals surface area contributed by atoms with Crippen molar-refractivity contribution in [2.75, 3.05) is 0 Å². The molecule has 0 aliphatic carbocycles. The van der Waals surface area contributed by atoms with Crippen LogP contribution >= 0.6 is 0 Å². The van der Waals surface area contributed by atoms with Crippen LogP contribution in [0.3, 0.4) is 0 Å². The van der Waals surface area contributed by atoms with E-state index < -0.39 is 0 Å². The molecule has 0 amide bonds. The molecule has 0 aromatic heterocycles. The molecule has 0 aliphatic heterocycles. The zero-order chi connectivity index (χ0) is 4.12. The Labute approximate surface area is 32.5 Å². The average molecular weight is 72.1 g/mol. The van der Waals surface area contributed by atoms with E-state index in [0.29, 0.717) is 0 Å². The van der Waals surface area contributed by atoms with E-state index in [-0.39, 0.29) is 0 Å². The van der Waals surface area contributed by atoms with Gasteiger partial charge in [-0.25, -0.2) is 0 Å². The Morgan fingerprint density at radius 3 is 2.40 bits per heavy atom. The lowest BCUT2D eigenvalue weighted by Gasteiger charge is -1.67. The monoisotopic (exact) mass is 72.1 g/mol. The van der Waals surface area contributed by atoms with Crippen LogP contribution in [0.5, 0.6) is 0 Å². The lowest BCUT2D eigenvalue weighted by atomic mass is 10.4. The number of unbranched alkanes of at least 4 members (excludes halogenated alkanes) is 1. The first kappa shape index (κ1) is 4.67. The van der Waals surface area contributed by atoms with Gasteiger partial charge in [-0.1, -0.05) is 6.92 Å². The first-order chi connectivity index (χ1) is 2.41. The molecular weight excluding hydrogens is 62.1 g/mol. The first-order valence-corrected chi connectivity index (χ1v) is 1.95. The molecule has 0 atom stereocenters. The summed E-state index contributed by atoms with van der Waals surface area (Å²) in [5.74, 6) is 0. The largest absolute Gasteiger partial charge is 0.264 e. The fraction of sp³-hybridized carbons (Fsp3) is 0.750. The van der Waals surface area contributed by atoms with Crippen molar-refractivity contribution in [3.05, 3.63) is 0 Å². The second-order valence-corrected chi connectivity index (χ2v) is 1.02. The van der Waals surface area contributed by atoms with Crippen LogP contribution in [0.15, 0.2) is 0 Å². The third kappa shape index (κ3) is 3.67. The molecule has 0 radical (unpaired) electrons. The summed E-state index contributed by atoms with van der Waals surface area (Å²) >= 11 is 0. The molecule has 0 spiro atoms. The number of rotatable bonds is 2. The van der Waals surface area contributed by atoms with Gasteiger partial charge in [0.15, 0.2) is 0 Å². The van der Waals surface area contributed by atoms with Crippen molar-refractivity contribution in [1.29, 1.82) is 0 Å². The SMILES string of the molecule is CCCC=[NH2+]. The van der Waals surface area contributed by atoms with Crippen molar-refractivity contribution in [2.24, 2.45) is 0 Å². The number of nitrogens with two attached hydrogens (primary N) is 1. The summed E-state index contributed by atoms with van der Waals surface area (Å²) in [6.45, 7) is 2.10. The Balaban J connectivity index is 2.40. The first-order valence-electron chi connectivity index (χ1n) is 1.95. The molecule has 0 saturated heterocycles. The smallest absolute Gasteiger partial charge is 0.136 e. The maximum atomic E-state index is 5.01. The summed E-state index contributed by atoms with van der Waals surface area (Å²) in [5, 5.41) is 5.01. The van der Waals surface area contributed by atoms with Gasteiger partial charge in [0, 0.05) is 6.42 Å². The summed E-state index contributed by atoms with van der Waals surface area (Å²) in [6, 6.07) is 0. The van der Waals surface area contributed by atoms with E-state index in [1.165, 1.54) is 0 Å². The highest BCUT2D eigenvalue weighted by atomic mass is 14.3. The molecule has 0 aliphatic rings. The summed E-state index contributed by atoms with van der Waals surface area (Å²) in [6.07, 6.45) is 3.89. The number of hydrogen-bond donors (Lipinski definition) is 1. The van der Waals surface area contributed by atoms with Gasteiger partial charge in [-0.15, -0.1) is 0 Å². The predicted molar refractivity (Wildman–Crippen MR) is 22.9 cm³/mol. The standard InChI is InChI=1S/C4H9N/c1-2-3-4-5/h4-5H,2-3H2,1H3/p+1. The molecule has 0 aromatic rings. The summed E-state index contributed by atoms with van der Waals surface area (Å²) in [7, 11) is 0. The van der Waals surface area contributed by atoms with Crippen molar-refractivity contribution in [1.82, 2.24) is 0 Å². The van der Waals surface area contributed by atoms with Crippen LogP contribution in [-0.4, -0.2) is 6.21 Å². The second kappa shape index (κ2) is 3.67. The molecule has 2 N–H and O–H groups in total. The van der Waals surface area contributed by atoms with Gasteiger partial charge in [-0.3, -0.25) is 5.41 Å². The Kier molecular flexibility index (Phi) is 3.43. The molecule has 1 heteroatoms. The predicted octanol–water partition coefficient (Wildman–Crippen LogP) is -0.384. The quantitative estimate of drug-likeness (QED) is 0.430. The van der Waals surface area contributed by atoms with Gasteiger partial charge in [0.05, 0.1) is 0 Å².